The maximum Gasteiger partial charge on any atom is 0.322 e. The van der Waals surface area contributed by atoms with E-state index in [1.54, 1.807) is 36.3 Å². The van der Waals surface area contributed by atoms with Crippen LogP contribution in [0.25, 0.3) is 0 Å². The van der Waals surface area contributed by atoms with Gasteiger partial charge in [0, 0.05) is 11.7 Å². The van der Waals surface area contributed by atoms with E-state index in [9.17, 15) is 14.7 Å². The molecular formula is C28H35N3O6. The number of aliphatic hydroxyl groups excluding tert-OH is 1. The Bertz CT molecular complexity index is 1070. The number of rotatable bonds is 5. The number of hydrogen-bond donors (Lipinski definition) is 3. The van der Waals surface area contributed by atoms with Gasteiger partial charge in [-0.1, -0.05) is 24.3 Å². The summed E-state index contributed by atoms with van der Waals surface area (Å²) in [7, 11) is 1.59. The second-order valence-corrected chi connectivity index (χ2v) is 10.1. The van der Waals surface area contributed by atoms with Crippen LogP contribution in [0.15, 0.2) is 48.5 Å². The van der Waals surface area contributed by atoms with Crippen LogP contribution >= 0.6 is 0 Å². The summed E-state index contributed by atoms with van der Waals surface area (Å²) in [5.74, 6) is 0.683. The van der Waals surface area contributed by atoms with Gasteiger partial charge in [-0.2, -0.15) is 0 Å². The summed E-state index contributed by atoms with van der Waals surface area (Å²) >= 11 is 0. The van der Waals surface area contributed by atoms with E-state index >= 15 is 0 Å². The maximum atomic E-state index is 13.2. The van der Waals surface area contributed by atoms with Crippen LogP contribution in [0.5, 0.6) is 5.75 Å². The zero-order valence-electron chi connectivity index (χ0n) is 21.1. The Kier molecular flexibility index (Phi) is 7.93. The Morgan fingerprint density at radius 1 is 1.05 bits per heavy atom. The number of urea groups is 1. The van der Waals surface area contributed by atoms with Gasteiger partial charge in [-0.25, -0.2) is 4.79 Å². The molecule has 1 aliphatic carbocycles. The monoisotopic (exact) mass is 509 g/mol. The number of anilines is 1. The molecule has 198 valence electrons. The maximum absolute atomic E-state index is 13.2. The number of methoxy groups -OCH3 is 1. The topological polar surface area (TPSA) is 109 Å². The molecule has 9 nitrogen and oxygen atoms in total. The van der Waals surface area contributed by atoms with Crippen molar-refractivity contribution in [2.45, 2.75) is 62.5 Å². The third kappa shape index (κ3) is 6.23. The van der Waals surface area contributed by atoms with Crippen molar-refractivity contribution in [3.05, 3.63) is 59.7 Å². The largest absolute Gasteiger partial charge is 0.497 e. The van der Waals surface area contributed by atoms with E-state index < -0.39 is 6.10 Å². The van der Waals surface area contributed by atoms with Gasteiger partial charge in [0.1, 0.15) is 11.9 Å². The molecule has 4 atom stereocenters. The van der Waals surface area contributed by atoms with Gasteiger partial charge in [-0.05, 0) is 61.1 Å². The fourth-order valence-electron chi connectivity index (χ4n) is 5.60. The lowest BCUT2D eigenvalue weighted by atomic mass is 9.95. The summed E-state index contributed by atoms with van der Waals surface area (Å²) in [5.41, 5.74) is 3.23. The van der Waals surface area contributed by atoms with Crippen LogP contribution in [0.3, 0.4) is 0 Å². The molecule has 3 amide bonds. The Morgan fingerprint density at radius 2 is 1.78 bits per heavy atom. The molecule has 0 bridgehead atoms. The van der Waals surface area contributed by atoms with Crippen molar-refractivity contribution in [2.24, 2.45) is 0 Å². The summed E-state index contributed by atoms with van der Waals surface area (Å²) in [6, 6.07) is 14.9. The van der Waals surface area contributed by atoms with Crippen molar-refractivity contribution in [3.63, 3.8) is 0 Å². The van der Waals surface area contributed by atoms with Gasteiger partial charge < -0.3 is 34.9 Å². The highest BCUT2D eigenvalue weighted by Crippen LogP contribution is 2.29. The molecule has 2 aromatic rings. The first-order valence-corrected chi connectivity index (χ1v) is 13.0. The first-order valence-electron chi connectivity index (χ1n) is 13.0. The minimum Gasteiger partial charge on any atom is -0.497 e. The van der Waals surface area contributed by atoms with E-state index in [0.29, 0.717) is 24.3 Å². The molecule has 0 saturated carbocycles. The molecule has 0 unspecified atom stereocenters. The van der Waals surface area contributed by atoms with Crippen molar-refractivity contribution < 1.29 is 28.9 Å². The SMILES string of the molecule is COc1ccc(NC(=O)N2C[C@H](O)COC[C@@H]3O[C@@H](CC(=O)NC4Cc5ccccc5C4)CC[C@H]32)cc1. The number of aliphatic hydroxyl groups is 1. The average molecular weight is 510 g/mol. The molecule has 2 heterocycles. The number of amides is 3. The number of benzene rings is 2. The van der Waals surface area contributed by atoms with Gasteiger partial charge in [-0.3, -0.25) is 4.79 Å². The van der Waals surface area contributed by atoms with Gasteiger partial charge >= 0.3 is 6.03 Å². The molecular weight excluding hydrogens is 474 g/mol. The number of nitrogens with one attached hydrogen (secondary N) is 2. The highest BCUT2D eigenvalue weighted by molar-refractivity contribution is 5.89. The minimum atomic E-state index is -0.790. The van der Waals surface area contributed by atoms with Crippen LogP contribution in [-0.2, 0) is 27.1 Å². The standard InChI is InChI=1S/C28H35N3O6/c1-35-23-8-6-20(7-9-23)30-28(34)31-15-22(32)16-36-17-26-25(31)11-10-24(37-26)14-27(33)29-21-12-18-4-2-3-5-19(18)13-21/h2-9,21-22,24-26,32H,10-17H2,1H3,(H,29,33)(H,30,34)/t22-,24+,25+,26-/m0/s1. The third-order valence-corrected chi connectivity index (χ3v) is 7.41. The van der Waals surface area contributed by atoms with E-state index in [-0.39, 0.29) is 62.4 Å². The van der Waals surface area contributed by atoms with Crippen molar-refractivity contribution in [3.8, 4) is 5.75 Å². The Morgan fingerprint density at radius 3 is 2.49 bits per heavy atom. The molecule has 0 spiro atoms. The molecule has 3 N–H and O–H groups in total. The Hall–Kier alpha value is -3.14. The van der Waals surface area contributed by atoms with Crippen LogP contribution in [0.2, 0.25) is 0 Å². The molecule has 2 fully saturated rings. The summed E-state index contributed by atoms with van der Waals surface area (Å²) in [5, 5.41) is 16.5. The number of nitrogens with zero attached hydrogens (tertiary/aromatic N) is 1. The van der Waals surface area contributed by atoms with Crippen LogP contribution in [0.4, 0.5) is 10.5 Å². The summed E-state index contributed by atoms with van der Waals surface area (Å²) in [6.45, 7) is 0.510. The van der Waals surface area contributed by atoms with Crippen LogP contribution in [0, 0.1) is 0 Å². The highest BCUT2D eigenvalue weighted by Gasteiger charge is 2.40. The molecule has 0 radical (unpaired) electrons. The fraction of sp³-hybridized carbons (Fsp3) is 0.500. The normalized spacial score (nSPS) is 25.8. The van der Waals surface area contributed by atoms with Gasteiger partial charge in [0.2, 0.25) is 5.91 Å². The van der Waals surface area contributed by atoms with Gasteiger partial charge in [0.25, 0.3) is 0 Å². The molecule has 2 aromatic carbocycles. The van der Waals surface area contributed by atoms with Crippen molar-refractivity contribution in [1.82, 2.24) is 10.2 Å². The summed E-state index contributed by atoms with van der Waals surface area (Å²) < 4.78 is 17.2. The van der Waals surface area contributed by atoms with Crippen molar-refractivity contribution in [2.75, 3.05) is 32.2 Å². The van der Waals surface area contributed by atoms with E-state index in [0.717, 1.165) is 12.8 Å². The zero-order valence-corrected chi connectivity index (χ0v) is 21.1. The summed E-state index contributed by atoms with van der Waals surface area (Å²) in [4.78, 5) is 27.7. The zero-order chi connectivity index (χ0) is 25.8. The lowest BCUT2D eigenvalue weighted by molar-refractivity contribution is -0.150. The van der Waals surface area contributed by atoms with Gasteiger partial charge in [0.05, 0.1) is 51.5 Å². The smallest absolute Gasteiger partial charge is 0.322 e. The second-order valence-electron chi connectivity index (χ2n) is 10.1. The fourth-order valence-corrected chi connectivity index (χ4v) is 5.60. The number of ether oxygens (including phenoxy) is 3. The number of fused-ring (bicyclic) bond motifs is 2. The van der Waals surface area contributed by atoms with Crippen molar-refractivity contribution >= 4 is 17.6 Å². The predicted octanol–water partition coefficient (Wildman–Crippen LogP) is 2.51. The highest BCUT2D eigenvalue weighted by atomic mass is 16.5. The number of β-amino-alcohol motifs (C(OH)–C–C–N with tert-alkyl or cyclic N) is 1. The predicted molar refractivity (Wildman–Crippen MR) is 138 cm³/mol. The molecule has 9 heteroatoms. The Labute approximate surface area is 217 Å². The lowest BCUT2D eigenvalue weighted by Crippen LogP contribution is -2.58. The van der Waals surface area contributed by atoms with E-state index in [2.05, 4.69) is 22.8 Å². The van der Waals surface area contributed by atoms with E-state index in [4.69, 9.17) is 14.2 Å². The van der Waals surface area contributed by atoms with Crippen LogP contribution < -0.4 is 15.4 Å². The first kappa shape index (κ1) is 25.5. The van der Waals surface area contributed by atoms with E-state index in [1.165, 1.54) is 11.1 Å². The molecule has 0 aromatic heterocycles. The first-order chi connectivity index (χ1) is 18.0. The molecule has 3 aliphatic rings. The third-order valence-electron chi connectivity index (χ3n) is 7.41. The van der Waals surface area contributed by atoms with E-state index in [1.807, 2.05) is 12.1 Å². The number of carbonyl (C=O) groups excluding carboxylic acids is 2. The molecule has 37 heavy (non-hydrogen) atoms. The van der Waals surface area contributed by atoms with Gasteiger partial charge in [-0.15, -0.1) is 0 Å². The van der Waals surface area contributed by atoms with Gasteiger partial charge in [0.15, 0.2) is 0 Å². The molecule has 2 aliphatic heterocycles. The number of hydrogen-bond acceptors (Lipinski definition) is 6. The molecule has 5 rings (SSSR count). The summed E-state index contributed by atoms with van der Waals surface area (Å²) in [6.07, 6.45) is 1.86. The lowest BCUT2D eigenvalue weighted by Gasteiger charge is -2.44. The number of carbonyl (C=O) groups is 2. The van der Waals surface area contributed by atoms with Crippen LogP contribution in [-0.4, -0.2) is 79.2 Å². The molecule has 2 saturated heterocycles. The van der Waals surface area contributed by atoms with Crippen LogP contribution in [0.1, 0.15) is 30.4 Å². The van der Waals surface area contributed by atoms with Crippen molar-refractivity contribution in [1.29, 1.82) is 0 Å². The minimum absolute atomic E-state index is 0.0162. The quantitative estimate of drug-likeness (QED) is 0.572. The average Bonchev–Trinajstić information content (AvgIpc) is 3.29. The second kappa shape index (κ2) is 11.5. The Balaban J connectivity index is 1.18.